The molecule has 7 heteroatoms. The lowest BCUT2D eigenvalue weighted by Gasteiger charge is -2.16. The molecule has 0 bridgehead atoms. The van der Waals surface area contributed by atoms with Gasteiger partial charge in [-0.15, -0.1) is 11.8 Å². The summed E-state index contributed by atoms with van der Waals surface area (Å²) in [6.45, 7) is 5.58. The summed E-state index contributed by atoms with van der Waals surface area (Å²) in [5, 5.41) is 5.96. The van der Waals surface area contributed by atoms with Gasteiger partial charge in [0, 0.05) is 24.5 Å². The van der Waals surface area contributed by atoms with Crippen LogP contribution in [0.5, 0.6) is 0 Å². The number of benzene rings is 2. The molecule has 0 aliphatic rings. The van der Waals surface area contributed by atoms with Gasteiger partial charge in [0.15, 0.2) is 0 Å². The van der Waals surface area contributed by atoms with Crippen molar-refractivity contribution in [2.24, 2.45) is 0 Å². The Hall–Kier alpha value is -2.35. The number of carbonyl (C=O) groups is 2. The summed E-state index contributed by atoms with van der Waals surface area (Å²) in [5.41, 5.74) is 6.11. The first-order valence-corrected chi connectivity index (χ1v) is 11.5. The molecule has 2 aromatic carbocycles. The number of nitrogens with one attached hydrogen (secondary N) is 2. The van der Waals surface area contributed by atoms with Crippen LogP contribution >= 0.6 is 11.8 Å². The highest BCUT2D eigenvalue weighted by molar-refractivity contribution is 8.00. The van der Waals surface area contributed by atoms with Crippen LogP contribution in [-0.4, -0.2) is 61.3 Å². The molecule has 2 amide bonds. The van der Waals surface area contributed by atoms with Gasteiger partial charge in [-0.05, 0) is 65.3 Å². The van der Waals surface area contributed by atoms with Crippen LogP contribution < -0.4 is 10.6 Å². The highest BCUT2D eigenvalue weighted by atomic mass is 32.2. The molecule has 2 N–H and O–H groups in total. The number of nitrogens with zero attached hydrogens (tertiary/aromatic N) is 2. The van der Waals surface area contributed by atoms with Gasteiger partial charge >= 0.3 is 0 Å². The number of anilines is 2. The molecule has 6 nitrogen and oxygen atoms in total. The molecule has 0 aliphatic heterocycles. The van der Waals surface area contributed by atoms with Crippen molar-refractivity contribution in [1.29, 1.82) is 0 Å². The summed E-state index contributed by atoms with van der Waals surface area (Å²) in [5.74, 6) is 0.234. The molecule has 0 saturated carbocycles. The molecular formula is C24H34N4O2S. The van der Waals surface area contributed by atoms with E-state index in [9.17, 15) is 9.59 Å². The van der Waals surface area contributed by atoms with Gasteiger partial charge < -0.3 is 20.4 Å². The van der Waals surface area contributed by atoms with Crippen LogP contribution in [0.1, 0.15) is 22.3 Å². The van der Waals surface area contributed by atoms with Gasteiger partial charge in [0.1, 0.15) is 0 Å². The zero-order valence-electron chi connectivity index (χ0n) is 19.4. The summed E-state index contributed by atoms with van der Waals surface area (Å²) in [7, 11) is 8.00. The van der Waals surface area contributed by atoms with Crippen molar-refractivity contribution < 1.29 is 9.59 Å². The SMILES string of the molecule is Cc1ccc(NC(=O)CSCC(=O)Nc2ccc(C)cc2CN(C)C)c(CN(C)C)c1. The fourth-order valence-electron chi connectivity index (χ4n) is 3.24. The zero-order valence-corrected chi connectivity index (χ0v) is 20.2. The van der Waals surface area contributed by atoms with E-state index >= 15 is 0 Å². The van der Waals surface area contributed by atoms with Crippen molar-refractivity contribution in [2.45, 2.75) is 26.9 Å². The van der Waals surface area contributed by atoms with Gasteiger partial charge in [0.05, 0.1) is 11.5 Å². The lowest BCUT2D eigenvalue weighted by molar-refractivity contribution is -0.114. The van der Waals surface area contributed by atoms with Gasteiger partial charge in [-0.2, -0.15) is 0 Å². The van der Waals surface area contributed by atoms with Crippen molar-refractivity contribution in [3.05, 3.63) is 58.7 Å². The molecule has 0 heterocycles. The van der Waals surface area contributed by atoms with Crippen molar-refractivity contribution in [3.63, 3.8) is 0 Å². The van der Waals surface area contributed by atoms with Gasteiger partial charge in [0.25, 0.3) is 0 Å². The second kappa shape index (κ2) is 11.9. The van der Waals surface area contributed by atoms with Crippen LogP contribution in [0.4, 0.5) is 11.4 Å². The van der Waals surface area contributed by atoms with Gasteiger partial charge in [-0.25, -0.2) is 0 Å². The van der Waals surface area contributed by atoms with Crippen molar-refractivity contribution in [1.82, 2.24) is 9.80 Å². The van der Waals surface area contributed by atoms with Gasteiger partial charge in [-0.1, -0.05) is 35.4 Å². The first-order valence-electron chi connectivity index (χ1n) is 10.3. The molecule has 0 unspecified atom stereocenters. The largest absolute Gasteiger partial charge is 0.325 e. The van der Waals surface area contributed by atoms with Crippen LogP contribution in [0.15, 0.2) is 36.4 Å². The first kappa shape index (κ1) is 24.9. The van der Waals surface area contributed by atoms with E-state index < -0.39 is 0 Å². The summed E-state index contributed by atoms with van der Waals surface area (Å²) in [6.07, 6.45) is 0. The zero-order chi connectivity index (χ0) is 23.0. The third-order valence-electron chi connectivity index (χ3n) is 4.51. The topological polar surface area (TPSA) is 64.7 Å². The number of aryl methyl sites for hydroxylation is 2. The number of hydrogen-bond donors (Lipinski definition) is 2. The first-order chi connectivity index (χ1) is 14.6. The predicted molar refractivity (Wildman–Crippen MR) is 132 cm³/mol. The Morgan fingerprint density at radius 2 is 1.13 bits per heavy atom. The van der Waals surface area contributed by atoms with E-state index in [-0.39, 0.29) is 23.3 Å². The maximum absolute atomic E-state index is 12.4. The standard InChI is InChI=1S/C24H34N4O2S/c1-17-7-9-21(19(11-17)13-27(3)4)25-23(29)15-31-16-24(30)26-22-10-8-18(2)12-20(22)14-28(5)6/h7-12H,13-16H2,1-6H3,(H,25,29)(H,26,30). The van der Waals surface area contributed by atoms with E-state index in [1.165, 1.54) is 11.8 Å². The molecular weight excluding hydrogens is 408 g/mol. The number of amides is 2. The molecule has 0 aromatic heterocycles. The summed E-state index contributed by atoms with van der Waals surface area (Å²) < 4.78 is 0. The third-order valence-corrected chi connectivity index (χ3v) is 5.44. The van der Waals surface area contributed by atoms with Crippen molar-refractivity contribution >= 4 is 35.0 Å². The fraction of sp³-hybridized carbons (Fsp3) is 0.417. The summed E-state index contributed by atoms with van der Waals surface area (Å²) in [4.78, 5) is 28.9. The maximum atomic E-state index is 12.4. The number of thioether (sulfide) groups is 1. The maximum Gasteiger partial charge on any atom is 0.234 e. The number of carbonyl (C=O) groups excluding carboxylic acids is 2. The van der Waals surface area contributed by atoms with Crippen LogP contribution in [0.2, 0.25) is 0 Å². The van der Waals surface area contributed by atoms with Crippen LogP contribution in [-0.2, 0) is 22.7 Å². The quantitative estimate of drug-likeness (QED) is 0.587. The molecule has 31 heavy (non-hydrogen) atoms. The second-order valence-electron chi connectivity index (χ2n) is 8.39. The van der Waals surface area contributed by atoms with Crippen LogP contribution in [0, 0.1) is 13.8 Å². The van der Waals surface area contributed by atoms with Gasteiger partial charge in [-0.3, -0.25) is 9.59 Å². The van der Waals surface area contributed by atoms with Crippen LogP contribution in [0.3, 0.4) is 0 Å². The number of hydrogen-bond acceptors (Lipinski definition) is 5. The Morgan fingerprint density at radius 1 is 0.742 bits per heavy atom. The minimum atomic E-state index is -0.106. The Bertz CT molecular complexity index is 839. The van der Waals surface area contributed by atoms with Crippen molar-refractivity contribution in [3.8, 4) is 0 Å². The third kappa shape index (κ3) is 8.73. The number of rotatable bonds is 10. The Labute approximate surface area is 190 Å². The van der Waals surface area contributed by atoms with Gasteiger partial charge in [0.2, 0.25) is 11.8 Å². The molecule has 0 atom stereocenters. The molecule has 0 saturated heterocycles. The van der Waals surface area contributed by atoms with E-state index in [1.807, 2.05) is 66.3 Å². The fourth-order valence-corrected chi connectivity index (χ4v) is 3.86. The highest BCUT2D eigenvalue weighted by Crippen LogP contribution is 2.20. The smallest absolute Gasteiger partial charge is 0.234 e. The molecule has 0 radical (unpaired) electrons. The minimum absolute atomic E-state index is 0.106. The Balaban J connectivity index is 1.87. The molecule has 168 valence electrons. The van der Waals surface area contributed by atoms with E-state index in [2.05, 4.69) is 32.6 Å². The van der Waals surface area contributed by atoms with Crippen LogP contribution in [0.25, 0.3) is 0 Å². The second-order valence-corrected chi connectivity index (χ2v) is 9.37. The molecule has 0 aliphatic carbocycles. The predicted octanol–water partition coefficient (Wildman–Crippen LogP) is 3.74. The Morgan fingerprint density at radius 3 is 1.48 bits per heavy atom. The normalized spacial score (nSPS) is 11.1. The van der Waals surface area contributed by atoms with E-state index in [0.29, 0.717) is 0 Å². The minimum Gasteiger partial charge on any atom is -0.325 e. The molecule has 2 aromatic rings. The lowest BCUT2D eigenvalue weighted by Crippen LogP contribution is -2.21. The lowest BCUT2D eigenvalue weighted by atomic mass is 10.1. The Kier molecular flexibility index (Phi) is 9.55. The highest BCUT2D eigenvalue weighted by Gasteiger charge is 2.12. The molecule has 2 rings (SSSR count). The average molecular weight is 443 g/mol. The van der Waals surface area contributed by atoms with E-state index in [1.54, 1.807) is 0 Å². The molecule has 0 fully saturated rings. The summed E-state index contributed by atoms with van der Waals surface area (Å²) >= 11 is 1.31. The van der Waals surface area contributed by atoms with E-state index in [4.69, 9.17) is 0 Å². The summed E-state index contributed by atoms with van der Waals surface area (Å²) in [6, 6.07) is 12.0. The van der Waals surface area contributed by atoms with E-state index in [0.717, 1.165) is 46.7 Å². The average Bonchev–Trinajstić information content (AvgIpc) is 2.65. The molecule has 0 spiro atoms. The van der Waals surface area contributed by atoms with Crippen molar-refractivity contribution in [2.75, 3.05) is 50.3 Å². The monoisotopic (exact) mass is 442 g/mol.